The van der Waals surface area contributed by atoms with Crippen LogP contribution in [0.3, 0.4) is 0 Å². The van der Waals surface area contributed by atoms with Crippen molar-refractivity contribution in [2.45, 2.75) is 45.4 Å². The topological polar surface area (TPSA) is 102 Å². The van der Waals surface area contributed by atoms with Crippen molar-refractivity contribution in [2.75, 3.05) is 41.0 Å². The SMILES string of the molecule is COc1ccc(C(C#N)(CCCN(C)CCCOC(=O)c2cccc3c(=O)c(C)c(-c4ccccc4)oc23)C(C)C)cc1OC.Cl. The fourth-order valence-electron chi connectivity index (χ4n) is 5.78. The fraction of sp³-hybridized carbons (Fsp3) is 0.378. The van der Waals surface area contributed by atoms with Crippen molar-refractivity contribution in [3.8, 4) is 28.9 Å². The van der Waals surface area contributed by atoms with E-state index in [9.17, 15) is 14.9 Å². The highest BCUT2D eigenvalue weighted by atomic mass is 35.5. The summed E-state index contributed by atoms with van der Waals surface area (Å²) in [5.74, 6) is 1.25. The summed E-state index contributed by atoms with van der Waals surface area (Å²) in [4.78, 5) is 28.4. The van der Waals surface area contributed by atoms with Gasteiger partial charge in [0.15, 0.2) is 22.5 Å². The maximum atomic E-state index is 13.1. The Morgan fingerprint density at radius 2 is 1.67 bits per heavy atom. The second kappa shape index (κ2) is 16.3. The number of hydrogen-bond donors (Lipinski definition) is 0. The van der Waals surface area contributed by atoms with Gasteiger partial charge in [0.05, 0.1) is 37.7 Å². The molecule has 0 bridgehead atoms. The molecular weight excluding hydrogens is 604 g/mol. The normalized spacial score (nSPS) is 12.3. The van der Waals surface area contributed by atoms with Gasteiger partial charge >= 0.3 is 5.97 Å². The van der Waals surface area contributed by atoms with Gasteiger partial charge in [0.25, 0.3) is 0 Å². The van der Waals surface area contributed by atoms with Gasteiger partial charge in [0.2, 0.25) is 0 Å². The van der Waals surface area contributed by atoms with Crippen LogP contribution in [0.25, 0.3) is 22.3 Å². The van der Waals surface area contributed by atoms with Crippen molar-refractivity contribution < 1.29 is 23.4 Å². The zero-order valence-corrected chi connectivity index (χ0v) is 28.2. The van der Waals surface area contributed by atoms with Crippen LogP contribution >= 0.6 is 12.4 Å². The molecule has 0 saturated heterocycles. The zero-order valence-electron chi connectivity index (χ0n) is 27.4. The number of halogens is 1. The van der Waals surface area contributed by atoms with Crippen LogP contribution in [0.15, 0.2) is 75.9 Å². The molecule has 0 spiro atoms. The lowest BCUT2D eigenvalue weighted by molar-refractivity contribution is 0.0491. The van der Waals surface area contributed by atoms with E-state index in [2.05, 4.69) is 24.8 Å². The lowest BCUT2D eigenvalue weighted by Crippen LogP contribution is -2.32. The van der Waals surface area contributed by atoms with Crippen LogP contribution in [-0.4, -0.2) is 51.8 Å². The Morgan fingerprint density at radius 3 is 2.33 bits per heavy atom. The standard InChI is InChI=1S/C37H42N2O6.ClH/c1-25(2)37(24-38,28-17-18-31(42-5)32(23-28)43-6)19-11-20-39(4)21-12-22-44-36(41)30-16-10-15-29-33(40)26(3)34(45-35(29)30)27-13-8-7-9-14-27;/h7-10,13-18,23,25H,11-12,19-22H2,1-6H3;1H. The summed E-state index contributed by atoms with van der Waals surface area (Å²) in [6.45, 7) is 7.60. The Labute approximate surface area is 277 Å². The molecule has 244 valence electrons. The number of methoxy groups -OCH3 is 2. The van der Waals surface area contributed by atoms with Gasteiger partial charge in [0.1, 0.15) is 11.3 Å². The van der Waals surface area contributed by atoms with E-state index >= 15 is 0 Å². The van der Waals surface area contributed by atoms with Gasteiger partial charge in [0, 0.05) is 17.7 Å². The first-order chi connectivity index (χ1) is 21.7. The molecule has 0 aliphatic carbocycles. The molecule has 1 heterocycles. The van der Waals surface area contributed by atoms with Crippen LogP contribution < -0.4 is 14.9 Å². The highest BCUT2D eigenvalue weighted by Gasteiger charge is 2.36. The van der Waals surface area contributed by atoms with Crippen molar-refractivity contribution in [1.82, 2.24) is 4.90 Å². The second-order valence-electron chi connectivity index (χ2n) is 11.6. The Kier molecular flexibility index (Phi) is 12.8. The summed E-state index contributed by atoms with van der Waals surface area (Å²) in [7, 11) is 5.22. The van der Waals surface area contributed by atoms with Gasteiger partial charge in [-0.15, -0.1) is 12.4 Å². The maximum Gasteiger partial charge on any atom is 0.341 e. The predicted molar refractivity (Wildman–Crippen MR) is 183 cm³/mol. The van der Waals surface area contributed by atoms with Gasteiger partial charge in [-0.3, -0.25) is 4.79 Å². The average molecular weight is 647 g/mol. The molecule has 0 saturated carbocycles. The Balaban J connectivity index is 0.00000576. The monoisotopic (exact) mass is 646 g/mol. The van der Waals surface area contributed by atoms with Gasteiger partial charge in [-0.1, -0.05) is 56.3 Å². The summed E-state index contributed by atoms with van der Waals surface area (Å²) in [5, 5.41) is 10.7. The van der Waals surface area contributed by atoms with Gasteiger partial charge in [-0.05, 0) is 75.5 Å². The predicted octanol–water partition coefficient (Wildman–Crippen LogP) is 7.58. The van der Waals surface area contributed by atoms with Crippen molar-refractivity contribution in [1.29, 1.82) is 5.26 Å². The highest BCUT2D eigenvalue weighted by molar-refractivity contribution is 6.02. The molecule has 1 atom stereocenters. The molecule has 0 aliphatic rings. The molecule has 0 amide bonds. The minimum Gasteiger partial charge on any atom is -0.493 e. The van der Waals surface area contributed by atoms with E-state index in [0.717, 1.165) is 24.1 Å². The minimum absolute atomic E-state index is 0. The van der Waals surface area contributed by atoms with Crippen LogP contribution in [0.1, 0.15) is 54.6 Å². The van der Waals surface area contributed by atoms with E-state index in [1.807, 2.05) is 55.6 Å². The maximum absolute atomic E-state index is 13.1. The summed E-state index contributed by atoms with van der Waals surface area (Å²) in [6, 6.07) is 22.7. The van der Waals surface area contributed by atoms with Crippen LogP contribution in [-0.2, 0) is 10.2 Å². The molecule has 1 aromatic heterocycles. The smallest absolute Gasteiger partial charge is 0.341 e. The lowest BCUT2D eigenvalue weighted by atomic mass is 9.69. The quantitative estimate of drug-likeness (QED) is 0.102. The number of rotatable bonds is 14. The third kappa shape index (κ3) is 7.72. The molecule has 46 heavy (non-hydrogen) atoms. The number of para-hydroxylation sites is 1. The van der Waals surface area contributed by atoms with E-state index < -0.39 is 11.4 Å². The van der Waals surface area contributed by atoms with Crippen molar-refractivity contribution >= 4 is 29.3 Å². The number of ether oxygens (including phenoxy) is 3. The molecule has 4 aromatic rings. The molecule has 0 radical (unpaired) electrons. The minimum atomic E-state index is -0.664. The van der Waals surface area contributed by atoms with Crippen LogP contribution in [0.2, 0.25) is 0 Å². The number of nitrogens with zero attached hydrogens (tertiary/aromatic N) is 2. The number of nitriles is 1. The summed E-state index contributed by atoms with van der Waals surface area (Å²) in [6.07, 6.45) is 2.13. The summed E-state index contributed by atoms with van der Waals surface area (Å²) < 4.78 is 22.7. The van der Waals surface area contributed by atoms with Crippen molar-refractivity contribution in [3.05, 3.63) is 93.6 Å². The Morgan fingerprint density at radius 1 is 0.978 bits per heavy atom. The first-order valence-electron chi connectivity index (χ1n) is 15.3. The fourth-order valence-corrected chi connectivity index (χ4v) is 5.78. The Hall–Kier alpha value is -4.32. The number of hydrogen-bond acceptors (Lipinski definition) is 8. The van der Waals surface area contributed by atoms with Gasteiger partial charge < -0.3 is 23.5 Å². The third-order valence-electron chi connectivity index (χ3n) is 8.51. The van der Waals surface area contributed by atoms with E-state index in [4.69, 9.17) is 18.6 Å². The average Bonchev–Trinajstić information content (AvgIpc) is 3.06. The first kappa shape index (κ1) is 36.2. The number of carbonyl (C=O) groups is 1. The number of fused-ring (bicyclic) bond motifs is 1. The van der Waals surface area contributed by atoms with E-state index in [1.165, 1.54) is 0 Å². The molecule has 9 heteroatoms. The highest BCUT2D eigenvalue weighted by Crippen LogP contribution is 2.40. The lowest BCUT2D eigenvalue weighted by Gasteiger charge is -2.32. The second-order valence-corrected chi connectivity index (χ2v) is 11.6. The van der Waals surface area contributed by atoms with Crippen LogP contribution in [0.4, 0.5) is 0 Å². The molecule has 0 aliphatic heterocycles. The van der Waals surface area contributed by atoms with E-state index in [-0.39, 0.29) is 41.5 Å². The molecule has 0 N–H and O–H groups in total. The van der Waals surface area contributed by atoms with E-state index in [0.29, 0.717) is 47.6 Å². The molecule has 8 nitrogen and oxygen atoms in total. The van der Waals surface area contributed by atoms with Gasteiger partial charge in [-0.25, -0.2) is 4.79 Å². The van der Waals surface area contributed by atoms with Crippen LogP contribution in [0.5, 0.6) is 11.5 Å². The molecule has 4 rings (SSSR count). The van der Waals surface area contributed by atoms with Crippen LogP contribution in [0, 0.1) is 24.2 Å². The summed E-state index contributed by atoms with van der Waals surface area (Å²) >= 11 is 0. The number of carbonyl (C=O) groups excluding carboxylic acids is 1. The Bertz CT molecular complexity index is 1730. The molecule has 0 fully saturated rings. The van der Waals surface area contributed by atoms with E-state index in [1.54, 1.807) is 39.3 Å². The first-order valence-corrected chi connectivity index (χ1v) is 15.3. The third-order valence-corrected chi connectivity index (χ3v) is 8.51. The molecule has 3 aromatic carbocycles. The largest absolute Gasteiger partial charge is 0.493 e. The number of benzene rings is 3. The van der Waals surface area contributed by atoms with Gasteiger partial charge in [-0.2, -0.15) is 5.26 Å². The van der Waals surface area contributed by atoms with Crippen molar-refractivity contribution in [2.24, 2.45) is 5.92 Å². The molecular formula is C37H43ClN2O6. The molecule has 1 unspecified atom stereocenters. The zero-order chi connectivity index (χ0) is 32.6. The van der Waals surface area contributed by atoms with Crippen molar-refractivity contribution in [3.63, 3.8) is 0 Å². The summed E-state index contributed by atoms with van der Waals surface area (Å²) in [5.41, 5.74) is 1.80. The number of esters is 1.